The molecule has 0 spiro atoms. The molecule has 2 nitrogen and oxygen atoms in total. The van der Waals surface area contributed by atoms with Crippen LogP contribution in [0.4, 0.5) is 13.2 Å². The number of alkyl halides is 3. The van der Waals surface area contributed by atoms with Gasteiger partial charge in [0.05, 0.1) is 6.10 Å². The molecule has 1 fully saturated rings. The monoisotopic (exact) mass is 170 g/mol. The van der Waals surface area contributed by atoms with E-state index in [4.69, 9.17) is 5.11 Å². The van der Waals surface area contributed by atoms with Crippen molar-refractivity contribution in [1.82, 2.24) is 0 Å². The molecule has 66 valence electrons. The molecule has 0 saturated heterocycles. The summed E-state index contributed by atoms with van der Waals surface area (Å²) in [4.78, 5) is 0. The predicted molar refractivity (Wildman–Crippen MR) is 30.8 cm³/mol. The van der Waals surface area contributed by atoms with Gasteiger partial charge in [-0.1, -0.05) is 0 Å². The van der Waals surface area contributed by atoms with Crippen molar-refractivity contribution in [2.45, 2.75) is 37.8 Å². The van der Waals surface area contributed by atoms with E-state index in [-0.39, 0.29) is 0 Å². The van der Waals surface area contributed by atoms with Gasteiger partial charge in [-0.25, -0.2) is 0 Å². The molecule has 1 aliphatic rings. The molecule has 0 bridgehead atoms. The highest BCUT2D eigenvalue weighted by molar-refractivity contribution is 4.70. The van der Waals surface area contributed by atoms with Crippen LogP contribution in [0.25, 0.3) is 0 Å². The summed E-state index contributed by atoms with van der Waals surface area (Å²) in [6.45, 7) is 0. The first-order chi connectivity index (χ1) is 5.00. The fourth-order valence-corrected chi connectivity index (χ4v) is 0.766. The molecule has 0 aromatic heterocycles. The summed E-state index contributed by atoms with van der Waals surface area (Å²) in [5.74, 6) is 0. The number of halogens is 3. The summed E-state index contributed by atoms with van der Waals surface area (Å²) in [7, 11) is 0. The molecular weight excluding hydrogens is 161 g/mol. The van der Waals surface area contributed by atoms with Gasteiger partial charge in [-0.3, -0.25) is 0 Å². The van der Waals surface area contributed by atoms with Gasteiger partial charge in [-0.2, -0.15) is 13.2 Å². The van der Waals surface area contributed by atoms with Crippen LogP contribution in [0.1, 0.15) is 19.3 Å². The van der Waals surface area contributed by atoms with E-state index in [0.717, 1.165) is 6.42 Å². The molecule has 0 aromatic rings. The third-order valence-electron chi connectivity index (χ3n) is 1.65. The van der Waals surface area contributed by atoms with E-state index in [1.54, 1.807) is 0 Å². The number of aliphatic hydroxyl groups is 1. The molecule has 1 rings (SSSR count). The van der Waals surface area contributed by atoms with Crippen LogP contribution < -0.4 is 0 Å². The molecule has 0 radical (unpaired) electrons. The molecule has 1 atom stereocenters. The van der Waals surface area contributed by atoms with Gasteiger partial charge in [0.25, 0.3) is 6.29 Å². The lowest BCUT2D eigenvalue weighted by Gasteiger charge is -2.28. The summed E-state index contributed by atoms with van der Waals surface area (Å²) in [5, 5.41) is 8.37. The van der Waals surface area contributed by atoms with E-state index >= 15 is 0 Å². The van der Waals surface area contributed by atoms with Crippen LogP contribution in [-0.4, -0.2) is 23.7 Å². The lowest BCUT2D eigenvalue weighted by molar-refractivity contribution is -0.311. The molecule has 1 N–H and O–H groups in total. The van der Waals surface area contributed by atoms with Crippen LogP contribution in [0.3, 0.4) is 0 Å². The number of aliphatic hydroxyl groups excluding tert-OH is 1. The van der Waals surface area contributed by atoms with Crippen molar-refractivity contribution >= 4 is 0 Å². The molecular formula is C6H9F3O2. The highest BCUT2D eigenvalue weighted by Crippen LogP contribution is 2.28. The zero-order valence-corrected chi connectivity index (χ0v) is 5.77. The van der Waals surface area contributed by atoms with Crippen molar-refractivity contribution in [3.63, 3.8) is 0 Å². The Morgan fingerprint density at radius 3 is 2.18 bits per heavy atom. The Morgan fingerprint density at radius 2 is 1.91 bits per heavy atom. The van der Waals surface area contributed by atoms with Gasteiger partial charge in [0.2, 0.25) is 0 Å². The average molecular weight is 170 g/mol. The fraction of sp³-hybridized carbons (Fsp3) is 1.00. The zero-order valence-electron chi connectivity index (χ0n) is 5.77. The van der Waals surface area contributed by atoms with Crippen LogP contribution >= 0.6 is 0 Å². The standard InChI is InChI=1S/C6H9F3O2/c7-6(8,9)5(10)11-4-2-1-3-4/h4-5,10H,1-3H2. The lowest BCUT2D eigenvalue weighted by Crippen LogP contribution is -2.37. The minimum atomic E-state index is -4.64. The molecule has 11 heavy (non-hydrogen) atoms. The maximum atomic E-state index is 11.6. The second-order valence-corrected chi connectivity index (χ2v) is 2.58. The lowest BCUT2D eigenvalue weighted by atomic mass is 9.96. The summed E-state index contributed by atoms with van der Waals surface area (Å²) in [6, 6.07) is 0. The van der Waals surface area contributed by atoms with Crippen LogP contribution in [0.15, 0.2) is 0 Å². The second kappa shape index (κ2) is 2.98. The summed E-state index contributed by atoms with van der Waals surface area (Å²) >= 11 is 0. The molecule has 1 aliphatic carbocycles. The largest absolute Gasteiger partial charge is 0.439 e. The number of hydrogen-bond donors (Lipinski definition) is 1. The van der Waals surface area contributed by atoms with E-state index in [1.807, 2.05) is 0 Å². The Hall–Kier alpha value is -0.290. The van der Waals surface area contributed by atoms with E-state index < -0.39 is 18.6 Å². The first-order valence-corrected chi connectivity index (χ1v) is 3.40. The van der Waals surface area contributed by atoms with Gasteiger partial charge in [0.15, 0.2) is 0 Å². The smallest absolute Gasteiger partial charge is 0.361 e. The molecule has 0 aromatic carbocycles. The quantitative estimate of drug-likeness (QED) is 0.635. The van der Waals surface area contributed by atoms with Crippen molar-refractivity contribution in [3.05, 3.63) is 0 Å². The molecule has 0 heterocycles. The topological polar surface area (TPSA) is 29.5 Å². The van der Waals surface area contributed by atoms with E-state index in [0.29, 0.717) is 12.8 Å². The summed E-state index contributed by atoms with van der Waals surface area (Å²) in [6.07, 6.45) is -5.52. The molecule has 5 heteroatoms. The summed E-state index contributed by atoms with van der Waals surface area (Å²) in [5.41, 5.74) is 0. The van der Waals surface area contributed by atoms with Gasteiger partial charge >= 0.3 is 6.18 Å². The Labute approximate surface area is 62.0 Å². The molecule has 0 aliphatic heterocycles. The van der Waals surface area contributed by atoms with Crippen LogP contribution in [0.2, 0.25) is 0 Å². The van der Waals surface area contributed by atoms with Crippen molar-refractivity contribution in [2.75, 3.05) is 0 Å². The van der Waals surface area contributed by atoms with Gasteiger partial charge < -0.3 is 9.84 Å². The van der Waals surface area contributed by atoms with Crippen molar-refractivity contribution in [2.24, 2.45) is 0 Å². The highest BCUT2D eigenvalue weighted by Gasteiger charge is 2.41. The average Bonchev–Trinajstić information content (AvgIpc) is 1.75. The third kappa shape index (κ3) is 2.34. The van der Waals surface area contributed by atoms with Gasteiger partial charge in [-0.05, 0) is 19.3 Å². The Morgan fingerprint density at radius 1 is 1.36 bits per heavy atom. The maximum Gasteiger partial charge on any atom is 0.439 e. The van der Waals surface area contributed by atoms with Crippen LogP contribution in [0, 0.1) is 0 Å². The van der Waals surface area contributed by atoms with Crippen molar-refractivity contribution in [1.29, 1.82) is 0 Å². The van der Waals surface area contributed by atoms with Crippen LogP contribution in [0.5, 0.6) is 0 Å². The normalized spacial score (nSPS) is 22.9. The van der Waals surface area contributed by atoms with Crippen LogP contribution in [-0.2, 0) is 4.74 Å². The van der Waals surface area contributed by atoms with Gasteiger partial charge in [-0.15, -0.1) is 0 Å². The van der Waals surface area contributed by atoms with E-state index in [1.165, 1.54) is 0 Å². The third-order valence-corrected chi connectivity index (χ3v) is 1.65. The molecule has 1 saturated carbocycles. The van der Waals surface area contributed by atoms with Gasteiger partial charge in [0.1, 0.15) is 0 Å². The molecule has 0 amide bonds. The summed E-state index contributed by atoms with van der Waals surface area (Å²) < 4.78 is 39.1. The number of rotatable bonds is 2. The van der Waals surface area contributed by atoms with E-state index in [2.05, 4.69) is 4.74 Å². The minimum Gasteiger partial charge on any atom is -0.361 e. The van der Waals surface area contributed by atoms with Crippen molar-refractivity contribution < 1.29 is 23.0 Å². The maximum absolute atomic E-state index is 11.6. The Bertz CT molecular complexity index is 130. The van der Waals surface area contributed by atoms with Gasteiger partial charge in [0, 0.05) is 0 Å². The first-order valence-electron chi connectivity index (χ1n) is 3.40. The van der Waals surface area contributed by atoms with Crippen molar-refractivity contribution in [3.8, 4) is 0 Å². The Kier molecular flexibility index (Phi) is 2.39. The first kappa shape index (κ1) is 8.80. The SMILES string of the molecule is OC(OC1CCC1)C(F)(F)F. The zero-order chi connectivity index (χ0) is 8.48. The minimum absolute atomic E-state index is 0.397. The highest BCUT2D eigenvalue weighted by atomic mass is 19.4. The predicted octanol–water partition coefficient (Wildman–Crippen LogP) is 1.44. The number of hydrogen-bond acceptors (Lipinski definition) is 2. The second-order valence-electron chi connectivity index (χ2n) is 2.58. The fourth-order valence-electron chi connectivity index (χ4n) is 0.766. The van der Waals surface area contributed by atoms with E-state index in [9.17, 15) is 13.2 Å². The number of ether oxygens (including phenoxy) is 1. The Balaban J connectivity index is 2.24. The molecule has 1 unspecified atom stereocenters.